The summed E-state index contributed by atoms with van der Waals surface area (Å²) >= 11 is 6.03. The predicted molar refractivity (Wildman–Crippen MR) is 96.6 cm³/mol. The first-order valence-electron chi connectivity index (χ1n) is 7.36. The van der Waals surface area contributed by atoms with Crippen molar-refractivity contribution >= 4 is 27.4 Å². The number of aryl methyl sites for hydroxylation is 1. The first-order valence-corrected chi connectivity index (χ1v) is 9.22. The Morgan fingerprint density at radius 1 is 1.04 bits per heavy atom. The summed E-state index contributed by atoms with van der Waals surface area (Å²) in [4.78, 5) is 4.11. The second-order valence-electron chi connectivity index (χ2n) is 5.45. The summed E-state index contributed by atoms with van der Waals surface area (Å²) in [5.41, 5.74) is 2.78. The number of hydrogen-bond donors (Lipinski definition) is 1. The number of rotatable bonds is 4. The monoisotopic (exact) mass is 376 g/mol. The molecule has 1 aromatic heterocycles. The topological polar surface area (TPSA) is 59.1 Å². The van der Waals surface area contributed by atoms with Gasteiger partial charge in [0.15, 0.2) is 0 Å². The largest absolute Gasteiger partial charge is 0.263 e. The summed E-state index contributed by atoms with van der Waals surface area (Å²) in [7, 11) is -3.82. The zero-order chi connectivity index (χ0) is 18.0. The van der Waals surface area contributed by atoms with Crippen LogP contribution in [-0.4, -0.2) is 13.4 Å². The molecule has 2 aromatic carbocycles. The van der Waals surface area contributed by atoms with Crippen LogP contribution in [0.4, 0.5) is 10.2 Å². The molecule has 1 heterocycles. The van der Waals surface area contributed by atoms with Crippen LogP contribution in [0, 0.1) is 12.7 Å². The molecule has 0 aliphatic carbocycles. The Bertz CT molecular complexity index is 1000. The molecule has 0 aliphatic heterocycles. The van der Waals surface area contributed by atoms with E-state index in [1.54, 1.807) is 24.4 Å². The molecule has 0 aliphatic rings. The normalized spacial score (nSPS) is 11.3. The molecule has 0 radical (unpaired) electrons. The molecule has 0 amide bonds. The Morgan fingerprint density at radius 3 is 2.40 bits per heavy atom. The molecule has 128 valence electrons. The van der Waals surface area contributed by atoms with Crippen molar-refractivity contribution in [3.63, 3.8) is 0 Å². The van der Waals surface area contributed by atoms with Crippen molar-refractivity contribution in [3.8, 4) is 11.1 Å². The van der Waals surface area contributed by atoms with Crippen molar-refractivity contribution in [2.45, 2.75) is 11.8 Å². The van der Waals surface area contributed by atoms with Gasteiger partial charge in [0.25, 0.3) is 10.0 Å². The van der Waals surface area contributed by atoms with Crippen LogP contribution in [-0.2, 0) is 10.0 Å². The molecule has 7 heteroatoms. The fraction of sp³-hybridized carbons (Fsp3) is 0.0556. The first-order chi connectivity index (χ1) is 11.8. The van der Waals surface area contributed by atoms with Gasteiger partial charge in [-0.05, 0) is 66.6 Å². The molecule has 0 saturated heterocycles. The highest BCUT2D eigenvalue weighted by molar-refractivity contribution is 7.92. The molecule has 0 spiro atoms. The van der Waals surface area contributed by atoms with Crippen molar-refractivity contribution < 1.29 is 12.8 Å². The molecule has 3 aromatic rings. The van der Waals surface area contributed by atoms with Crippen molar-refractivity contribution in [2.24, 2.45) is 0 Å². The second-order valence-corrected chi connectivity index (χ2v) is 7.57. The number of pyridine rings is 1. The summed E-state index contributed by atoms with van der Waals surface area (Å²) in [6.45, 7) is 1.96. The standard InChI is InChI=1S/C18H14ClFN2O2S/c1-12-2-4-14(19)10-17(12)13-3-9-18(21-11-13)22-25(23,24)16-7-5-15(20)6-8-16/h2-11H,1H3,(H,21,22). The minimum absolute atomic E-state index is 0.0366. The van der Waals surface area contributed by atoms with Crippen molar-refractivity contribution in [1.82, 2.24) is 4.98 Å². The van der Waals surface area contributed by atoms with E-state index in [1.807, 2.05) is 19.1 Å². The van der Waals surface area contributed by atoms with E-state index in [4.69, 9.17) is 11.6 Å². The number of anilines is 1. The highest BCUT2D eigenvalue weighted by Crippen LogP contribution is 2.27. The Hall–Kier alpha value is -2.44. The number of nitrogens with one attached hydrogen (secondary N) is 1. The van der Waals surface area contributed by atoms with Gasteiger partial charge in [-0.2, -0.15) is 0 Å². The lowest BCUT2D eigenvalue weighted by atomic mass is 10.0. The third kappa shape index (κ3) is 3.97. The number of hydrogen-bond acceptors (Lipinski definition) is 3. The fourth-order valence-corrected chi connectivity index (χ4v) is 3.51. The molecule has 0 fully saturated rings. The Labute approximate surface area is 150 Å². The quantitative estimate of drug-likeness (QED) is 0.721. The average molecular weight is 377 g/mol. The molecule has 4 nitrogen and oxygen atoms in total. The van der Waals surface area contributed by atoms with Crippen molar-refractivity contribution in [1.29, 1.82) is 0 Å². The van der Waals surface area contributed by atoms with Crippen molar-refractivity contribution in [3.05, 3.63) is 77.2 Å². The molecule has 1 N–H and O–H groups in total. The van der Waals surface area contributed by atoms with E-state index in [2.05, 4.69) is 9.71 Å². The minimum atomic E-state index is -3.82. The summed E-state index contributed by atoms with van der Waals surface area (Å²) < 4.78 is 39.9. The highest BCUT2D eigenvalue weighted by atomic mass is 35.5. The number of sulfonamides is 1. The molecular weight excluding hydrogens is 363 g/mol. The Balaban J connectivity index is 1.85. The summed E-state index contributed by atoms with van der Waals surface area (Å²) in [5.74, 6) is -0.328. The fourth-order valence-electron chi connectivity index (χ4n) is 2.33. The van der Waals surface area contributed by atoms with Gasteiger partial charge in [-0.3, -0.25) is 4.72 Å². The second kappa shape index (κ2) is 6.82. The van der Waals surface area contributed by atoms with Gasteiger partial charge in [0.05, 0.1) is 4.90 Å². The van der Waals surface area contributed by atoms with E-state index >= 15 is 0 Å². The van der Waals surface area contributed by atoms with Gasteiger partial charge in [-0.25, -0.2) is 17.8 Å². The van der Waals surface area contributed by atoms with Gasteiger partial charge < -0.3 is 0 Å². The summed E-state index contributed by atoms with van der Waals surface area (Å²) in [6.07, 6.45) is 1.57. The number of nitrogens with zero attached hydrogens (tertiary/aromatic N) is 1. The van der Waals surface area contributed by atoms with Gasteiger partial charge in [0, 0.05) is 16.8 Å². The third-order valence-corrected chi connectivity index (χ3v) is 5.24. The van der Waals surface area contributed by atoms with E-state index in [1.165, 1.54) is 12.1 Å². The molecular formula is C18H14ClFN2O2S. The number of aromatic nitrogens is 1. The van der Waals surface area contributed by atoms with E-state index in [9.17, 15) is 12.8 Å². The van der Waals surface area contributed by atoms with Gasteiger partial charge in [0.1, 0.15) is 11.6 Å². The van der Waals surface area contributed by atoms with Crippen LogP contribution in [0.25, 0.3) is 11.1 Å². The number of benzene rings is 2. The van der Waals surface area contributed by atoms with Gasteiger partial charge in [-0.15, -0.1) is 0 Å². The maximum atomic E-state index is 12.9. The van der Waals surface area contributed by atoms with E-state index < -0.39 is 15.8 Å². The van der Waals surface area contributed by atoms with Crippen molar-refractivity contribution in [2.75, 3.05) is 4.72 Å². The van der Waals surface area contributed by atoms with Crippen LogP contribution in [0.5, 0.6) is 0 Å². The van der Waals surface area contributed by atoms with E-state index in [-0.39, 0.29) is 10.7 Å². The SMILES string of the molecule is Cc1ccc(Cl)cc1-c1ccc(NS(=O)(=O)c2ccc(F)cc2)nc1. The molecule has 0 bridgehead atoms. The summed E-state index contributed by atoms with van der Waals surface area (Å²) in [6, 6.07) is 13.4. The van der Waals surface area contributed by atoms with E-state index in [0.717, 1.165) is 28.8 Å². The Kier molecular flexibility index (Phi) is 4.74. The maximum absolute atomic E-state index is 12.9. The number of halogens is 2. The third-order valence-electron chi connectivity index (χ3n) is 3.64. The molecule has 0 unspecified atom stereocenters. The molecule has 25 heavy (non-hydrogen) atoms. The lowest BCUT2D eigenvalue weighted by molar-refractivity contribution is 0.599. The Morgan fingerprint density at radius 2 is 1.76 bits per heavy atom. The molecule has 0 atom stereocenters. The lowest BCUT2D eigenvalue weighted by Gasteiger charge is -2.09. The molecule has 0 saturated carbocycles. The van der Waals surface area contributed by atoms with Crippen LogP contribution < -0.4 is 4.72 Å². The molecule has 3 rings (SSSR count). The smallest absolute Gasteiger partial charge is 0.263 e. The van der Waals surface area contributed by atoms with Gasteiger partial charge >= 0.3 is 0 Å². The maximum Gasteiger partial charge on any atom is 0.263 e. The van der Waals surface area contributed by atoms with Crippen LogP contribution in [0.1, 0.15) is 5.56 Å². The van der Waals surface area contributed by atoms with Gasteiger partial charge in [-0.1, -0.05) is 17.7 Å². The highest BCUT2D eigenvalue weighted by Gasteiger charge is 2.15. The zero-order valence-corrected chi connectivity index (χ0v) is 14.8. The van der Waals surface area contributed by atoms with Gasteiger partial charge in [0.2, 0.25) is 0 Å². The van der Waals surface area contributed by atoms with Crippen LogP contribution in [0.2, 0.25) is 5.02 Å². The lowest BCUT2D eigenvalue weighted by Crippen LogP contribution is -2.13. The zero-order valence-electron chi connectivity index (χ0n) is 13.2. The minimum Gasteiger partial charge on any atom is -0.263 e. The first kappa shape index (κ1) is 17.4. The van der Waals surface area contributed by atoms with E-state index in [0.29, 0.717) is 5.02 Å². The summed E-state index contributed by atoms with van der Waals surface area (Å²) in [5, 5.41) is 0.613. The predicted octanol–water partition coefficient (Wildman–Crippen LogP) is 4.65. The van der Waals surface area contributed by atoms with Crippen LogP contribution in [0.15, 0.2) is 65.7 Å². The van der Waals surface area contributed by atoms with Crippen LogP contribution in [0.3, 0.4) is 0 Å². The average Bonchev–Trinajstić information content (AvgIpc) is 2.58. The van der Waals surface area contributed by atoms with Crippen LogP contribution >= 0.6 is 11.6 Å².